The summed E-state index contributed by atoms with van der Waals surface area (Å²) >= 11 is 0. The Labute approximate surface area is 103 Å². The van der Waals surface area contributed by atoms with E-state index in [4.69, 9.17) is 0 Å². The average molecular weight is 242 g/mol. The van der Waals surface area contributed by atoms with Gasteiger partial charge in [-0.25, -0.2) is 0 Å². The van der Waals surface area contributed by atoms with Crippen LogP contribution in [0.1, 0.15) is 25.8 Å². The highest BCUT2D eigenvalue weighted by Crippen LogP contribution is 2.32. The number of nitrogens with one attached hydrogen (secondary N) is 1. The van der Waals surface area contributed by atoms with E-state index in [2.05, 4.69) is 19.2 Å². The molecule has 0 aliphatic carbocycles. The Hall–Kier alpha value is -0.570. The van der Waals surface area contributed by atoms with Crippen LogP contribution in [0.25, 0.3) is 0 Å². The maximum atomic E-state index is 10.5. The van der Waals surface area contributed by atoms with Crippen molar-refractivity contribution in [1.29, 1.82) is 0 Å². The van der Waals surface area contributed by atoms with Crippen molar-refractivity contribution in [2.24, 2.45) is 5.92 Å². The molecule has 1 aromatic carbocycles. The topological polar surface area (TPSA) is 32.3 Å². The van der Waals surface area contributed by atoms with E-state index in [0.29, 0.717) is 18.5 Å². The highest BCUT2D eigenvalue weighted by Gasteiger charge is 2.39. The fourth-order valence-electron chi connectivity index (χ4n) is 2.25. The number of hydrogen-bond donors (Lipinski definition) is 2. The van der Waals surface area contributed by atoms with Gasteiger partial charge in [0.15, 0.2) is 0 Å². The van der Waals surface area contributed by atoms with Crippen LogP contribution in [0.2, 0.25) is 0 Å². The maximum Gasteiger partial charge on any atom is 0.103 e. The molecule has 1 aromatic rings. The summed E-state index contributed by atoms with van der Waals surface area (Å²) < 4.78 is 0. The van der Waals surface area contributed by atoms with Gasteiger partial charge in [0, 0.05) is 12.6 Å². The van der Waals surface area contributed by atoms with Crippen LogP contribution in [-0.4, -0.2) is 17.7 Å². The Morgan fingerprint density at radius 3 is 2.44 bits per heavy atom. The summed E-state index contributed by atoms with van der Waals surface area (Å²) in [6, 6.07) is 10.4. The van der Waals surface area contributed by atoms with Crippen molar-refractivity contribution < 1.29 is 5.11 Å². The first kappa shape index (κ1) is 13.5. The molecule has 1 saturated heterocycles. The van der Waals surface area contributed by atoms with Crippen LogP contribution in [0, 0.1) is 5.92 Å². The first-order valence-corrected chi connectivity index (χ1v) is 5.63. The maximum absolute atomic E-state index is 10.5. The third-order valence-corrected chi connectivity index (χ3v) is 3.33. The van der Waals surface area contributed by atoms with Crippen molar-refractivity contribution >= 4 is 12.4 Å². The Kier molecular flexibility index (Phi) is 4.36. The second kappa shape index (κ2) is 5.17. The van der Waals surface area contributed by atoms with E-state index in [-0.39, 0.29) is 12.4 Å². The lowest BCUT2D eigenvalue weighted by molar-refractivity contribution is 0.0544. The lowest BCUT2D eigenvalue weighted by Crippen LogP contribution is -2.28. The molecule has 2 nitrogen and oxygen atoms in total. The molecule has 1 aliphatic heterocycles. The van der Waals surface area contributed by atoms with Crippen LogP contribution in [0.4, 0.5) is 0 Å². The molecule has 0 saturated carbocycles. The van der Waals surface area contributed by atoms with Gasteiger partial charge < -0.3 is 10.4 Å². The summed E-state index contributed by atoms with van der Waals surface area (Å²) in [6.07, 6.45) is 0.814. The molecule has 0 spiro atoms. The summed E-state index contributed by atoms with van der Waals surface area (Å²) in [4.78, 5) is 0. The highest BCUT2D eigenvalue weighted by molar-refractivity contribution is 5.85. The van der Waals surface area contributed by atoms with Crippen molar-refractivity contribution in [1.82, 2.24) is 5.32 Å². The fourth-order valence-corrected chi connectivity index (χ4v) is 2.25. The molecular weight excluding hydrogens is 222 g/mol. The molecule has 0 aromatic heterocycles. The van der Waals surface area contributed by atoms with Gasteiger partial charge in [-0.05, 0) is 17.9 Å². The number of halogens is 1. The number of β-amino-alcohol motifs (C(OH)–C–C–N with tert-alkyl or cyclic N) is 1. The third kappa shape index (κ3) is 2.57. The summed E-state index contributed by atoms with van der Waals surface area (Å²) in [5.41, 5.74) is 0.358. The zero-order valence-electron chi connectivity index (χ0n) is 9.81. The van der Waals surface area contributed by atoms with Crippen LogP contribution in [-0.2, 0) is 5.60 Å². The quantitative estimate of drug-likeness (QED) is 0.833. The molecular formula is C13H20ClNO. The summed E-state index contributed by atoms with van der Waals surface area (Å²) in [5.74, 6) is 0.572. The summed E-state index contributed by atoms with van der Waals surface area (Å²) in [5, 5.41) is 13.9. The molecule has 2 atom stereocenters. The van der Waals surface area contributed by atoms with Crippen LogP contribution in [0.15, 0.2) is 30.3 Å². The van der Waals surface area contributed by atoms with Gasteiger partial charge in [-0.1, -0.05) is 44.2 Å². The first-order valence-electron chi connectivity index (χ1n) is 5.63. The standard InChI is InChI=1S/C13H19NO.ClH/c1-10(2)12-8-13(15,9-14-12)11-6-4-3-5-7-11;/h3-7,10,12,14-15H,8-9H2,1-2H3;1H. The minimum atomic E-state index is -0.670. The minimum absolute atomic E-state index is 0. The molecule has 3 heteroatoms. The molecule has 0 amide bonds. The van der Waals surface area contributed by atoms with Gasteiger partial charge in [-0.3, -0.25) is 0 Å². The SMILES string of the molecule is CC(C)C1CC(O)(c2ccccc2)CN1.Cl. The van der Waals surface area contributed by atoms with Gasteiger partial charge in [-0.15, -0.1) is 12.4 Å². The van der Waals surface area contributed by atoms with Crippen molar-refractivity contribution in [2.75, 3.05) is 6.54 Å². The van der Waals surface area contributed by atoms with Gasteiger partial charge in [0.1, 0.15) is 5.60 Å². The Morgan fingerprint density at radius 1 is 1.31 bits per heavy atom. The molecule has 2 rings (SSSR count). The van der Waals surface area contributed by atoms with E-state index in [9.17, 15) is 5.11 Å². The first-order chi connectivity index (χ1) is 7.12. The highest BCUT2D eigenvalue weighted by atomic mass is 35.5. The predicted molar refractivity (Wildman–Crippen MR) is 68.8 cm³/mol. The van der Waals surface area contributed by atoms with E-state index in [1.54, 1.807) is 0 Å². The lowest BCUT2D eigenvalue weighted by Gasteiger charge is -2.23. The van der Waals surface area contributed by atoms with Gasteiger partial charge in [0.2, 0.25) is 0 Å². The van der Waals surface area contributed by atoms with Crippen molar-refractivity contribution in [3.63, 3.8) is 0 Å². The molecule has 1 aliphatic rings. The van der Waals surface area contributed by atoms with E-state index in [1.165, 1.54) is 0 Å². The van der Waals surface area contributed by atoms with Crippen molar-refractivity contribution in [3.05, 3.63) is 35.9 Å². The largest absolute Gasteiger partial charge is 0.384 e. The molecule has 90 valence electrons. The van der Waals surface area contributed by atoms with Gasteiger partial charge in [0.05, 0.1) is 0 Å². The van der Waals surface area contributed by atoms with Crippen LogP contribution in [0.3, 0.4) is 0 Å². The van der Waals surface area contributed by atoms with E-state index >= 15 is 0 Å². The van der Waals surface area contributed by atoms with Crippen molar-refractivity contribution in [3.8, 4) is 0 Å². The second-order valence-electron chi connectivity index (χ2n) is 4.83. The van der Waals surface area contributed by atoms with Crippen LogP contribution >= 0.6 is 12.4 Å². The summed E-state index contributed by atoms with van der Waals surface area (Å²) in [7, 11) is 0. The number of benzene rings is 1. The van der Waals surface area contributed by atoms with E-state index in [1.807, 2.05) is 30.3 Å². The fraction of sp³-hybridized carbons (Fsp3) is 0.538. The molecule has 1 heterocycles. The van der Waals surface area contributed by atoms with Crippen LogP contribution < -0.4 is 5.32 Å². The number of rotatable bonds is 2. The normalized spacial score (nSPS) is 29.1. The van der Waals surface area contributed by atoms with Gasteiger partial charge in [-0.2, -0.15) is 0 Å². The molecule has 1 fully saturated rings. The number of aliphatic hydroxyl groups is 1. The minimum Gasteiger partial charge on any atom is -0.384 e. The zero-order chi connectivity index (χ0) is 10.9. The molecule has 2 N–H and O–H groups in total. The van der Waals surface area contributed by atoms with E-state index in [0.717, 1.165) is 12.0 Å². The van der Waals surface area contributed by atoms with Crippen molar-refractivity contribution in [2.45, 2.75) is 31.9 Å². The molecule has 0 radical (unpaired) electrons. The zero-order valence-corrected chi connectivity index (χ0v) is 10.6. The monoisotopic (exact) mass is 241 g/mol. The smallest absolute Gasteiger partial charge is 0.103 e. The van der Waals surface area contributed by atoms with E-state index < -0.39 is 5.60 Å². The van der Waals surface area contributed by atoms with Gasteiger partial charge in [0.25, 0.3) is 0 Å². The predicted octanol–water partition coefficient (Wildman–Crippen LogP) is 2.31. The molecule has 0 bridgehead atoms. The number of hydrogen-bond acceptors (Lipinski definition) is 2. The average Bonchev–Trinajstić information content (AvgIpc) is 2.64. The lowest BCUT2D eigenvalue weighted by atomic mass is 9.88. The second-order valence-corrected chi connectivity index (χ2v) is 4.83. The summed E-state index contributed by atoms with van der Waals surface area (Å²) in [6.45, 7) is 5.04. The Morgan fingerprint density at radius 2 is 1.94 bits per heavy atom. The van der Waals surface area contributed by atoms with Gasteiger partial charge >= 0.3 is 0 Å². The third-order valence-electron chi connectivity index (χ3n) is 3.33. The van der Waals surface area contributed by atoms with Crippen LogP contribution in [0.5, 0.6) is 0 Å². The Balaban J connectivity index is 0.00000128. The molecule has 2 unspecified atom stereocenters. The molecule has 16 heavy (non-hydrogen) atoms. The Bertz CT molecular complexity index is 328.